The summed E-state index contributed by atoms with van der Waals surface area (Å²) in [6, 6.07) is -0.109. The summed E-state index contributed by atoms with van der Waals surface area (Å²) < 4.78 is 0. The monoisotopic (exact) mass is 257 g/mol. The third-order valence-corrected chi connectivity index (χ3v) is 2.39. The van der Waals surface area contributed by atoms with Gasteiger partial charge in [0.15, 0.2) is 0 Å². The van der Waals surface area contributed by atoms with E-state index in [1.807, 2.05) is 20.8 Å². The van der Waals surface area contributed by atoms with Gasteiger partial charge in [-0.2, -0.15) is 0 Å². The lowest BCUT2D eigenvalue weighted by molar-refractivity contribution is -0.121. The Labute approximate surface area is 110 Å². The van der Waals surface area contributed by atoms with Crippen molar-refractivity contribution < 1.29 is 9.59 Å². The first kappa shape index (κ1) is 16.7. The van der Waals surface area contributed by atoms with E-state index in [0.717, 1.165) is 25.8 Å². The van der Waals surface area contributed by atoms with Crippen LogP contribution >= 0.6 is 0 Å². The molecule has 3 N–H and O–H groups in total. The van der Waals surface area contributed by atoms with Crippen LogP contribution in [-0.4, -0.2) is 31.6 Å². The molecule has 18 heavy (non-hydrogen) atoms. The topological polar surface area (TPSA) is 70.2 Å². The highest BCUT2D eigenvalue weighted by atomic mass is 16.2. The fourth-order valence-electron chi connectivity index (χ4n) is 1.52. The smallest absolute Gasteiger partial charge is 0.314 e. The minimum absolute atomic E-state index is 0.109. The predicted molar refractivity (Wildman–Crippen MR) is 73.4 cm³/mol. The third-order valence-electron chi connectivity index (χ3n) is 2.39. The van der Waals surface area contributed by atoms with Gasteiger partial charge in [-0.05, 0) is 32.1 Å². The van der Waals surface area contributed by atoms with Crippen molar-refractivity contribution in [3.05, 3.63) is 0 Å². The highest BCUT2D eigenvalue weighted by Gasteiger charge is 2.03. The Morgan fingerprint density at radius 1 is 0.944 bits per heavy atom. The summed E-state index contributed by atoms with van der Waals surface area (Å²) in [6.45, 7) is 8.02. The average Bonchev–Trinajstić information content (AvgIpc) is 2.27. The van der Waals surface area contributed by atoms with Gasteiger partial charge in [-0.1, -0.05) is 13.8 Å². The molecule has 0 rings (SSSR count). The molecule has 0 fully saturated rings. The van der Waals surface area contributed by atoms with Crippen LogP contribution in [0.1, 0.15) is 46.5 Å². The van der Waals surface area contributed by atoms with Crippen molar-refractivity contribution in [3.8, 4) is 0 Å². The Hall–Kier alpha value is -1.26. The number of carbonyl (C=O) groups is 2. The van der Waals surface area contributed by atoms with Crippen molar-refractivity contribution >= 4 is 11.9 Å². The fourth-order valence-corrected chi connectivity index (χ4v) is 1.52. The lowest BCUT2D eigenvalue weighted by Crippen LogP contribution is -2.35. The van der Waals surface area contributed by atoms with Crippen LogP contribution in [0.15, 0.2) is 0 Å². The largest absolute Gasteiger partial charge is 0.356 e. The van der Waals surface area contributed by atoms with Crippen LogP contribution in [0, 0.1) is 5.92 Å². The number of unbranched alkanes of at least 4 members (excludes halogenated alkanes) is 2. The molecule has 0 bridgehead atoms. The van der Waals surface area contributed by atoms with Gasteiger partial charge in [0.1, 0.15) is 0 Å². The Balaban J connectivity index is 3.26. The van der Waals surface area contributed by atoms with Crippen molar-refractivity contribution in [2.75, 3.05) is 19.6 Å². The second-order valence-corrected chi connectivity index (χ2v) is 4.79. The van der Waals surface area contributed by atoms with E-state index in [2.05, 4.69) is 16.0 Å². The van der Waals surface area contributed by atoms with Crippen molar-refractivity contribution in [3.63, 3.8) is 0 Å². The summed E-state index contributed by atoms with van der Waals surface area (Å²) in [7, 11) is 0. The lowest BCUT2D eigenvalue weighted by atomic mass is 10.1. The van der Waals surface area contributed by atoms with Gasteiger partial charge in [0.05, 0.1) is 0 Å². The molecule has 0 atom stereocenters. The molecule has 0 aliphatic carbocycles. The van der Waals surface area contributed by atoms with Gasteiger partial charge in [0, 0.05) is 26.1 Å². The Morgan fingerprint density at radius 3 is 2.11 bits per heavy atom. The van der Waals surface area contributed by atoms with E-state index in [9.17, 15) is 9.59 Å². The first-order valence-corrected chi connectivity index (χ1v) is 6.84. The summed E-state index contributed by atoms with van der Waals surface area (Å²) in [6.07, 6.45) is 3.51. The molecule has 0 radical (unpaired) electrons. The SMILES string of the molecule is CCNC(=O)NCCCCCNC(=O)CC(C)C. The Kier molecular flexibility index (Phi) is 10.1. The van der Waals surface area contributed by atoms with Crippen LogP contribution in [0.5, 0.6) is 0 Å². The predicted octanol–water partition coefficient (Wildman–Crippen LogP) is 1.64. The molecular formula is C13H27N3O2. The molecule has 0 heterocycles. The molecule has 0 aromatic heterocycles. The van der Waals surface area contributed by atoms with Gasteiger partial charge < -0.3 is 16.0 Å². The van der Waals surface area contributed by atoms with Gasteiger partial charge in [-0.3, -0.25) is 4.79 Å². The maximum absolute atomic E-state index is 11.3. The van der Waals surface area contributed by atoms with E-state index in [-0.39, 0.29) is 11.9 Å². The zero-order valence-electron chi connectivity index (χ0n) is 11.8. The van der Waals surface area contributed by atoms with E-state index in [1.165, 1.54) is 0 Å². The number of hydrogen-bond donors (Lipinski definition) is 3. The van der Waals surface area contributed by atoms with E-state index in [0.29, 0.717) is 25.4 Å². The number of rotatable bonds is 9. The molecule has 0 unspecified atom stereocenters. The molecule has 5 nitrogen and oxygen atoms in total. The maximum Gasteiger partial charge on any atom is 0.314 e. The van der Waals surface area contributed by atoms with Gasteiger partial charge in [-0.15, -0.1) is 0 Å². The summed E-state index contributed by atoms with van der Waals surface area (Å²) in [5, 5.41) is 8.34. The first-order chi connectivity index (χ1) is 8.56. The number of nitrogens with one attached hydrogen (secondary N) is 3. The lowest BCUT2D eigenvalue weighted by Gasteiger charge is -2.07. The molecule has 0 aromatic carbocycles. The maximum atomic E-state index is 11.3. The summed E-state index contributed by atoms with van der Waals surface area (Å²) in [5.74, 6) is 0.539. The van der Waals surface area contributed by atoms with Crippen molar-refractivity contribution in [1.82, 2.24) is 16.0 Å². The molecule has 0 saturated carbocycles. The van der Waals surface area contributed by atoms with Crippen LogP contribution < -0.4 is 16.0 Å². The van der Waals surface area contributed by atoms with Crippen LogP contribution in [0.2, 0.25) is 0 Å². The van der Waals surface area contributed by atoms with Crippen molar-refractivity contribution in [1.29, 1.82) is 0 Å². The molecule has 0 aliphatic rings. The zero-order valence-corrected chi connectivity index (χ0v) is 11.8. The zero-order chi connectivity index (χ0) is 13.8. The summed E-state index contributed by atoms with van der Waals surface area (Å²) >= 11 is 0. The van der Waals surface area contributed by atoms with Crippen LogP contribution in [-0.2, 0) is 4.79 Å². The molecule has 0 saturated heterocycles. The molecule has 0 aromatic rings. The highest BCUT2D eigenvalue weighted by molar-refractivity contribution is 5.76. The van der Waals surface area contributed by atoms with Gasteiger partial charge in [-0.25, -0.2) is 4.79 Å². The molecule has 0 aliphatic heterocycles. The molecule has 5 heteroatoms. The minimum atomic E-state index is -0.109. The Morgan fingerprint density at radius 2 is 1.56 bits per heavy atom. The standard InChI is InChI=1S/C13H27N3O2/c1-4-14-13(18)16-9-7-5-6-8-15-12(17)10-11(2)3/h11H,4-10H2,1-3H3,(H,15,17)(H2,14,16,18). The third kappa shape index (κ3) is 11.2. The summed E-state index contributed by atoms with van der Waals surface area (Å²) in [5.41, 5.74) is 0. The van der Waals surface area contributed by atoms with E-state index in [1.54, 1.807) is 0 Å². The van der Waals surface area contributed by atoms with Crippen molar-refractivity contribution in [2.24, 2.45) is 5.92 Å². The van der Waals surface area contributed by atoms with Gasteiger partial charge in [0.25, 0.3) is 0 Å². The number of amides is 3. The second kappa shape index (κ2) is 10.9. The van der Waals surface area contributed by atoms with Crippen molar-refractivity contribution in [2.45, 2.75) is 46.5 Å². The summed E-state index contributed by atoms with van der Waals surface area (Å²) in [4.78, 5) is 22.4. The van der Waals surface area contributed by atoms with E-state index < -0.39 is 0 Å². The average molecular weight is 257 g/mol. The fraction of sp³-hybridized carbons (Fsp3) is 0.846. The number of hydrogen-bond acceptors (Lipinski definition) is 2. The number of urea groups is 1. The van der Waals surface area contributed by atoms with Crippen LogP contribution in [0.25, 0.3) is 0 Å². The minimum Gasteiger partial charge on any atom is -0.356 e. The molecule has 106 valence electrons. The van der Waals surface area contributed by atoms with Crippen LogP contribution in [0.3, 0.4) is 0 Å². The Bertz CT molecular complexity index is 242. The van der Waals surface area contributed by atoms with E-state index >= 15 is 0 Å². The highest BCUT2D eigenvalue weighted by Crippen LogP contribution is 1.98. The van der Waals surface area contributed by atoms with Gasteiger partial charge in [0.2, 0.25) is 5.91 Å². The molecule has 0 spiro atoms. The quantitative estimate of drug-likeness (QED) is 0.550. The van der Waals surface area contributed by atoms with Gasteiger partial charge >= 0.3 is 6.03 Å². The normalized spacial score (nSPS) is 10.2. The molecule has 3 amide bonds. The second-order valence-electron chi connectivity index (χ2n) is 4.79. The number of carbonyl (C=O) groups excluding carboxylic acids is 2. The van der Waals surface area contributed by atoms with E-state index in [4.69, 9.17) is 0 Å². The van der Waals surface area contributed by atoms with Crippen LogP contribution in [0.4, 0.5) is 4.79 Å². The molecular weight excluding hydrogens is 230 g/mol. The first-order valence-electron chi connectivity index (χ1n) is 6.84.